The van der Waals surface area contributed by atoms with Crippen molar-refractivity contribution in [2.45, 2.75) is 17.6 Å². The summed E-state index contributed by atoms with van der Waals surface area (Å²) < 4.78 is 31.6. The zero-order valence-corrected chi connectivity index (χ0v) is 14.8. The quantitative estimate of drug-likeness (QED) is 0.551. The van der Waals surface area contributed by atoms with Crippen molar-refractivity contribution in [3.05, 3.63) is 56.5 Å². The Hall–Kier alpha value is -2.26. The lowest BCUT2D eigenvalue weighted by molar-refractivity contribution is 0.0605. The number of aromatic amines is 1. The molecule has 0 amide bonds. The van der Waals surface area contributed by atoms with Crippen LogP contribution in [0.3, 0.4) is 0 Å². The van der Waals surface area contributed by atoms with Crippen LogP contribution in [-0.2, 0) is 10.5 Å². The molecule has 3 rings (SSSR count). The number of thioether (sulfide) groups is 1. The summed E-state index contributed by atoms with van der Waals surface area (Å²) in [6.45, 7) is 1.65. The van der Waals surface area contributed by atoms with Crippen LogP contribution in [-0.4, -0.2) is 23.0 Å². The van der Waals surface area contributed by atoms with Crippen LogP contribution in [0.15, 0.2) is 27.9 Å². The van der Waals surface area contributed by atoms with Crippen LogP contribution in [0.2, 0.25) is 0 Å². The number of benzene rings is 1. The molecule has 0 aliphatic rings. The average molecular weight is 382 g/mol. The Kier molecular flexibility index (Phi) is 4.87. The lowest BCUT2D eigenvalue weighted by atomic mass is 10.2. The van der Waals surface area contributed by atoms with Gasteiger partial charge in [-0.3, -0.25) is 4.79 Å². The van der Waals surface area contributed by atoms with Crippen molar-refractivity contribution < 1.29 is 18.3 Å². The minimum absolute atomic E-state index is 0.125. The van der Waals surface area contributed by atoms with Gasteiger partial charge in [-0.05, 0) is 30.7 Å². The molecule has 0 spiro atoms. The van der Waals surface area contributed by atoms with Crippen molar-refractivity contribution in [1.29, 1.82) is 0 Å². The van der Waals surface area contributed by atoms with E-state index in [-0.39, 0.29) is 16.2 Å². The number of halogens is 2. The van der Waals surface area contributed by atoms with E-state index in [2.05, 4.69) is 9.97 Å². The summed E-state index contributed by atoms with van der Waals surface area (Å²) in [6, 6.07) is 3.16. The summed E-state index contributed by atoms with van der Waals surface area (Å²) in [7, 11) is 1.26. The third kappa shape index (κ3) is 3.42. The minimum atomic E-state index is -0.547. The molecule has 1 N–H and O–H groups in total. The maximum absolute atomic E-state index is 13.7. The second-order valence-corrected chi connectivity index (χ2v) is 7.12. The number of thiophene rings is 1. The molecule has 25 heavy (non-hydrogen) atoms. The smallest absolute Gasteiger partial charge is 0.348 e. The van der Waals surface area contributed by atoms with E-state index in [1.807, 2.05) is 0 Å². The fourth-order valence-electron chi connectivity index (χ4n) is 2.28. The fraction of sp³-hybridized carbons (Fsp3) is 0.188. The number of aromatic nitrogens is 2. The monoisotopic (exact) mass is 382 g/mol. The van der Waals surface area contributed by atoms with Crippen molar-refractivity contribution in [2.24, 2.45) is 0 Å². The Balaban J connectivity index is 1.94. The maximum atomic E-state index is 13.7. The second-order valence-electron chi connectivity index (χ2n) is 5.10. The van der Waals surface area contributed by atoms with E-state index in [0.29, 0.717) is 26.5 Å². The molecule has 0 bridgehead atoms. The summed E-state index contributed by atoms with van der Waals surface area (Å²) in [5.74, 6) is -1.16. The van der Waals surface area contributed by atoms with Crippen LogP contribution in [0.5, 0.6) is 0 Å². The number of ether oxygens (including phenoxy) is 1. The molecule has 0 fully saturated rings. The maximum Gasteiger partial charge on any atom is 0.348 e. The van der Waals surface area contributed by atoms with Gasteiger partial charge in [0.2, 0.25) is 0 Å². The van der Waals surface area contributed by atoms with Crippen molar-refractivity contribution >= 4 is 39.3 Å². The summed E-state index contributed by atoms with van der Waals surface area (Å²) >= 11 is 2.08. The van der Waals surface area contributed by atoms with Gasteiger partial charge in [-0.1, -0.05) is 0 Å². The van der Waals surface area contributed by atoms with E-state index >= 15 is 0 Å². The molecular formula is C16H12F2N2O3S2. The average Bonchev–Trinajstić information content (AvgIpc) is 2.92. The van der Waals surface area contributed by atoms with E-state index in [9.17, 15) is 18.4 Å². The van der Waals surface area contributed by atoms with Crippen LogP contribution in [0.4, 0.5) is 8.78 Å². The highest BCUT2D eigenvalue weighted by Gasteiger charge is 2.19. The fourth-order valence-corrected chi connectivity index (χ4v) is 4.23. The van der Waals surface area contributed by atoms with Crippen LogP contribution in [0.25, 0.3) is 10.2 Å². The lowest BCUT2D eigenvalue weighted by Crippen LogP contribution is -2.11. The SMILES string of the molecule is COC(=O)c1sc2nc(CSc3cc(F)ccc3F)[nH]c(=O)c2c1C. The Morgan fingerprint density at radius 1 is 1.40 bits per heavy atom. The van der Waals surface area contributed by atoms with Gasteiger partial charge in [-0.25, -0.2) is 18.6 Å². The number of nitrogens with one attached hydrogen (secondary N) is 1. The standard InChI is InChI=1S/C16H12F2N2O3S2/c1-7-12-14(21)19-11(20-15(12)25-13(7)16(22)23-2)6-24-10-5-8(17)3-4-9(10)18/h3-5H,6H2,1-2H3,(H,19,20,21). The van der Waals surface area contributed by atoms with Crippen LogP contribution < -0.4 is 5.56 Å². The number of methoxy groups -OCH3 is 1. The molecule has 3 aromatic rings. The van der Waals surface area contributed by atoms with Crippen LogP contribution >= 0.6 is 23.1 Å². The number of aryl methyl sites for hydroxylation is 1. The van der Waals surface area contributed by atoms with Crippen molar-refractivity contribution in [1.82, 2.24) is 9.97 Å². The molecule has 2 heterocycles. The predicted molar refractivity (Wildman–Crippen MR) is 92.2 cm³/mol. The third-order valence-corrected chi connectivity index (χ3v) is 5.69. The number of carbonyl (C=O) groups excluding carboxylic acids is 1. The normalized spacial score (nSPS) is 11.0. The number of rotatable bonds is 4. The molecule has 0 aliphatic heterocycles. The highest BCUT2D eigenvalue weighted by atomic mass is 32.2. The zero-order valence-electron chi connectivity index (χ0n) is 13.2. The van der Waals surface area contributed by atoms with Crippen molar-refractivity contribution in [2.75, 3.05) is 7.11 Å². The van der Waals surface area contributed by atoms with Gasteiger partial charge in [0.15, 0.2) is 0 Å². The van der Waals surface area contributed by atoms with Gasteiger partial charge in [-0.15, -0.1) is 23.1 Å². The number of carbonyl (C=O) groups is 1. The molecule has 2 aromatic heterocycles. The Morgan fingerprint density at radius 2 is 2.16 bits per heavy atom. The van der Waals surface area contributed by atoms with Crippen LogP contribution in [0, 0.1) is 18.6 Å². The Morgan fingerprint density at radius 3 is 2.88 bits per heavy atom. The molecule has 0 atom stereocenters. The Labute approximate surface area is 149 Å². The molecule has 1 aromatic carbocycles. The first-order valence-corrected chi connectivity index (χ1v) is 8.89. The first-order chi connectivity index (χ1) is 11.9. The van der Waals surface area contributed by atoms with Crippen molar-refractivity contribution in [3.8, 4) is 0 Å². The number of hydrogen-bond donors (Lipinski definition) is 1. The minimum Gasteiger partial charge on any atom is -0.465 e. The predicted octanol–water partition coefficient (Wildman–Crippen LogP) is 3.65. The Bertz CT molecular complexity index is 1030. The second kappa shape index (κ2) is 6.93. The highest BCUT2D eigenvalue weighted by molar-refractivity contribution is 7.98. The van der Waals surface area contributed by atoms with E-state index in [0.717, 1.165) is 41.3 Å². The summed E-state index contributed by atoms with van der Waals surface area (Å²) in [4.78, 5) is 31.8. The highest BCUT2D eigenvalue weighted by Crippen LogP contribution is 2.29. The molecule has 0 radical (unpaired) electrons. The first-order valence-electron chi connectivity index (χ1n) is 7.09. The van der Waals surface area contributed by atoms with E-state index < -0.39 is 17.6 Å². The van der Waals surface area contributed by atoms with Crippen LogP contribution in [0.1, 0.15) is 21.1 Å². The van der Waals surface area contributed by atoms with Gasteiger partial charge in [0, 0.05) is 4.90 Å². The van der Waals surface area contributed by atoms with Gasteiger partial charge < -0.3 is 9.72 Å². The molecule has 0 unspecified atom stereocenters. The lowest BCUT2D eigenvalue weighted by Gasteiger charge is -2.03. The third-order valence-electron chi connectivity index (χ3n) is 3.48. The van der Waals surface area contributed by atoms with Crippen molar-refractivity contribution in [3.63, 3.8) is 0 Å². The number of fused-ring (bicyclic) bond motifs is 1. The number of hydrogen-bond acceptors (Lipinski definition) is 6. The van der Waals surface area contributed by atoms with Gasteiger partial charge in [0.05, 0.1) is 18.2 Å². The van der Waals surface area contributed by atoms with Gasteiger partial charge in [0.1, 0.15) is 27.2 Å². The van der Waals surface area contributed by atoms with E-state index in [4.69, 9.17) is 4.74 Å². The summed E-state index contributed by atoms with van der Waals surface area (Å²) in [6.07, 6.45) is 0. The molecule has 130 valence electrons. The summed E-state index contributed by atoms with van der Waals surface area (Å²) in [5.41, 5.74) is 0.125. The molecule has 9 heteroatoms. The van der Waals surface area contributed by atoms with Gasteiger partial charge in [-0.2, -0.15) is 0 Å². The molecule has 0 aliphatic carbocycles. The zero-order chi connectivity index (χ0) is 18.1. The topological polar surface area (TPSA) is 72.0 Å². The first kappa shape index (κ1) is 17.6. The molecule has 0 saturated heterocycles. The largest absolute Gasteiger partial charge is 0.465 e. The van der Waals surface area contributed by atoms with E-state index in [1.54, 1.807) is 6.92 Å². The number of H-pyrrole nitrogens is 1. The van der Waals surface area contributed by atoms with E-state index in [1.165, 1.54) is 7.11 Å². The molecule has 5 nitrogen and oxygen atoms in total. The van der Waals surface area contributed by atoms with Gasteiger partial charge >= 0.3 is 5.97 Å². The number of nitrogens with zero attached hydrogens (tertiary/aromatic N) is 1. The summed E-state index contributed by atoms with van der Waals surface area (Å²) in [5, 5.41) is 0.330. The molecular weight excluding hydrogens is 370 g/mol. The molecule has 0 saturated carbocycles. The van der Waals surface area contributed by atoms with Gasteiger partial charge in [0.25, 0.3) is 5.56 Å². The number of esters is 1.